The summed E-state index contributed by atoms with van der Waals surface area (Å²) in [6.07, 6.45) is 0. The summed E-state index contributed by atoms with van der Waals surface area (Å²) in [4.78, 5) is 13.0. The van der Waals surface area contributed by atoms with Crippen LogP contribution in [0.2, 0.25) is 0 Å². The minimum absolute atomic E-state index is 0.174. The van der Waals surface area contributed by atoms with Crippen LogP contribution in [0.1, 0.15) is 40.4 Å². The van der Waals surface area contributed by atoms with E-state index in [1.54, 1.807) is 14.2 Å². The van der Waals surface area contributed by atoms with Crippen LogP contribution in [0.4, 0.5) is 0 Å². The second-order valence-electron chi connectivity index (χ2n) is 7.03. The fourth-order valence-corrected chi connectivity index (χ4v) is 3.30. The summed E-state index contributed by atoms with van der Waals surface area (Å²) in [6, 6.07) is 13.3. The topological polar surface area (TPSA) is 80.9 Å². The molecule has 0 bridgehead atoms. The van der Waals surface area contributed by atoms with Crippen molar-refractivity contribution in [2.45, 2.75) is 18.9 Å². The van der Waals surface area contributed by atoms with Gasteiger partial charge in [-0.1, -0.05) is 18.2 Å². The van der Waals surface area contributed by atoms with Gasteiger partial charge in [0.2, 0.25) is 0 Å². The van der Waals surface area contributed by atoms with E-state index < -0.39 is 0 Å². The molecule has 0 radical (unpaired) electrons. The molecule has 3 N–H and O–H groups in total. The van der Waals surface area contributed by atoms with E-state index in [9.17, 15) is 4.79 Å². The first-order valence-corrected chi connectivity index (χ1v) is 9.78. The van der Waals surface area contributed by atoms with Crippen molar-refractivity contribution in [2.24, 2.45) is 0 Å². The van der Waals surface area contributed by atoms with Crippen LogP contribution in [-0.2, 0) is 4.74 Å². The van der Waals surface area contributed by atoms with Crippen LogP contribution >= 0.6 is 0 Å². The highest BCUT2D eigenvalue weighted by atomic mass is 16.5. The van der Waals surface area contributed by atoms with E-state index in [2.05, 4.69) is 16.2 Å². The molecule has 1 aliphatic heterocycles. The van der Waals surface area contributed by atoms with Gasteiger partial charge in [0, 0.05) is 26.1 Å². The van der Waals surface area contributed by atoms with Gasteiger partial charge < -0.3 is 19.5 Å². The zero-order valence-corrected chi connectivity index (χ0v) is 17.2. The third-order valence-corrected chi connectivity index (χ3v) is 5.03. The molecule has 1 fully saturated rings. The molecule has 3 rings (SSSR count). The SMILES string of the molecule is COCCOc1cc(C2CNNC2)ccc1C(=O)N[C@H](C)c1cccc(OC)c1. The van der Waals surface area contributed by atoms with Gasteiger partial charge in [0.1, 0.15) is 18.1 Å². The summed E-state index contributed by atoms with van der Waals surface area (Å²) < 4.78 is 16.2. The number of benzene rings is 2. The van der Waals surface area contributed by atoms with Crippen LogP contribution in [0, 0.1) is 0 Å². The fraction of sp³-hybridized carbons (Fsp3) is 0.409. The Kier molecular flexibility index (Phi) is 7.46. The average Bonchev–Trinajstić information content (AvgIpc) is 3.28. The maximum Gasteiger partial charge on any atom is 0.255 e. The molecule has 0 saturated carbocycles. The Morgan fingerprint density at radius 2 is 1.93 bits per heavy atom. The number of nitrogens with one attached hydrogen (secondary N) is 3. The number of hydrogen-bond donors (Lipinski definition) is 3. The highest BCUT2D eigenvalue weighted by Gasteiger charge is 2.21. The van der Waals surface area contributed by atoms with Crippen LogP contribution in [0.25, 0.3) is 0 Å². The van der Waals surface area contributed by atoms with Crippen molar-refractivity contribution in [1.29, 1.82) is 0 Å². The van der Waals surface area contributed by atoms with Crippen molar-refractivity contribution in [3.63, 3.8) is 0 Å². The summed E-state index contributed by atoms with van der Waals surface area (Å²) in [5.41, 5.74) is 8.88. The molecule has 1 heterocycles. The molecule has 2 aromatic rings. The van der Waals surface area contributed by atoms with E-state index in [-0.39, 0.29) is 11.9 Å². The highest BCUT2D eigenvalue weighted by molar-refractivity contribution is 5.97. The molecule has 156 valence electrons. The van der Waals surface area contributed by atoms with E-state index >= 15 is 0 Å². The first-order chi connectivity index (χ1) is 14.1. The van der Waals surface area contributed by atoms with Crippen LogP contribution in [0.3, 0.4) is 0 Å². The third-order valence-electron chi connectivity index (χ3n) is 5.03. The number of amides is 1. The smallest absolute Gasteiger partial charge is 0.255 e. The van der Waals surface area contributed by atoms with E-state index in [4.69, 9.17) is 14.2 Å². The molecule has 0 unspecified atom stereocenters. The zero-order valence-electron chi connectivity index (χ0n) is 17.2. The van der Waals surface area contributed by atoms with E-state index in [1.165, 1.54) is 0 Å². The Labute approximate surface area is 171 Å². The second-order valence-corrected chi connectivity index (χ2v) is 7.03. The van der Waals surface area contributed by atoms with Crippen molar-refractivity contribution in [1.82, 2.24) is 16.2 Å². The summed E-state index contributed by atoms with van der Waals surface area (Å²) in [6.45, 7) is 4.47. The molecule has 0 spiro atoms. The second kappa shape index (κ2) is 10.2. The van der Waals surface area contributed by atoms with Crippen molar-refractivity contribution in [2.75, 3.05) is 40.5 Å². The Morgan fingerprint density at radius 1 is 1.14 bits per heavy atom. The lowest BCUT2D eigenvalue weighted by Crippen LogP contribution is -2.27. The summed E-state index contributed by atoms with van der Waals surface area (Å²) in [7, 11) is 3.25. The van der Waals surface area contributed by atoms with Gasteiger partial charge in [-0.2, -0.15) is 0 Å². The van der Waals surface area contributed by atoms with Gasteiger partial charge in [-0.25, -0.2) is 0 Å². The highest BCUT2D eigenvalue weighted by Crippen LogP contribution is 2.27. The van der Waals surface area contributed by atoms with Crippen molar-refractivity contribution >= 4 is 5.91 Å². The van der Waals surface area contributed by atoms with Crippen LogP contribution in [-0.4, -0.2) is 46.4 Å². The number of hydrazine groups is 1. The van der Waals surface area contributed by atoms with Crippen molar-refractivity contribution in [3.8, 4) is 11.5 Å². The predicted molar refractivity (Wildman–Crippen MR) is 111 cm³/mol. The lowest BCUT2D eigenvalue weighted by Gasteiger charge is -2.18. The first-order valence-electron chi connectivity index (χ1n) is 9.78. The van der Waals surface area contributed by atoms with Gasteiger partial charge in [-0.15, -0.1) is 0 Å². The fourth-order valence-electron chi connectivity index (χ4n) is 3.30. The molecular weight excluding hydrogens is 370 g/mol. The van der Waals surface area contributed by atoms with Crippen LogP contribution in [0.5, 0.6) is 11.5 Å². The van der Waals surface area contributed by atoms with Gasteiger partial charge in [-0.05, 0) is 42.3 Å². The van der Waals surface area contributed by atoms with Gasteiger partial charge in [0.25, 0.3) is 5.91 Å². The molecular formula is C22H29N3O4. The summed E-state index contributed by atoms with van der Waals surface area (Å²) in [5.74, 6) is 1.49. The lowest BCUT2D eigenvalue weighted by atomic mass is 9.98. The molecule has 1 amide bonds. The number of ether oxygens (including phenoxy) is 3. The average molecular weight is 399 g/mol. The number of methoxy groups -OCH3 is 2. The molecule has 0 aromatic heterocycles. The number of hydrogen-bond acceptors (Lipinski definition) is 6. The lowest BCUT2D eigenvalue weighted by molar-refractivity contribution is 0.0932. The zero-order chi connectivity index (χ0) is 20.6. The Morgan fingerprint density at radius 3 is 2.66 bits per heavy atom. The Bertz CT molecular complexity index is 821. The van der Waals surface area contributed by atoms with Gasteiger partial charge >= 0.3 is 0 Å². The van der Waals surface area contributed by atoms with E-state index in [1.807, 2.05) is 49.4 Å². The molecule has 0 aliphatic carbocycles. The molecule has 1 aliphatic rings. The Balaban J connectivity index is 1.78. The molecule has 1 saturated heterocycles. The minimum atomic E-state index is -0.179. The van der Waals surface area contributed by atoms with Crippen molar-refractivity contribution < 1.29 is 19.0 Å². The molecule has 7 nitrogen and oxygen atoms in total. The maximum atomic E-state index is 13.0. The van der Waals surface area contributed by atoms with Crippen LogP contribution in [0.15, 0.2) is 42.5 Å². The van der Waals surface area contributed by atoms with E-state index in [0.29, 0.717) is 30.4 Å². The standard InChI is InChI=1S/C22H29N3O4/c1-15(16-5-4-6-19(11-16)28-3)25-22(26)20-8-7-17(18-13-23-24-14-18)12-21(20)29-10-9-27-2/h4-8,11-12,15,18,23-24H,9-10,13-14H2,1-3H3,(H,25,26)/t15-/m1/s1. The third kappa shape index (κ3) is 5.47. The molecule has 29 heavy (non-hydrogen) atoms. The molecule has 7 heteroatoms. The number of carbonyl (C=O) groups is 1. The number of rotatable bonds is 9. The van der Waals surface area contributed by atoms with E-state index in [0.717, 1.165) is 30.0 Å². The largest absolute Gasteiger partial charge is 0.497 e. The summed E-state index contributed by atoms with van der Waals surface area (Å²) >= 11 is 0. The molecule has 2 aromatic carbocycles. The maximum absolute atomic E-state index is 13.0. The van der Waals surface area contributed by atoms with Gasteiger partial charge in [-0.3, -0.25) is 15.6 Å². The Hall–Kier alpha value is -2.61. The quantitative estimate of drug-likeness (QED) is 0.562. The monoisotopic (exact) mass is 399 g/mol. The summed E-state index contributed by atoms with van der Waals surface area (Å²) in [5, 5.41) is 3.05. The van der Waals surface area contributed by atoms with Crippen LogP contribution < -0.4 is 25.6 Å². The minimum Gasteiger partial charge on any atom is -0.497 e. The van der Waals surface area contributed by atoms with Gasteiger partial charge in [0.05, 0.1) is 25.3 Å². The normalized spacial score (nSPS) is 15.1. The molecule has 1 atom stereocenters. The predicted octanol–water partition coefficient (Wildman–Crippen LogP) is 2.40. The first kappa shape index (κ1) is 21.1. The van der Waals surface area contributed by atoms with Crippen molar-refractivity contribution in [3.05, 3.63) is 59.2 Å². The number of carbonyl (C=O) groups excluding carboxylic acids is 1. The van der Waals surface area contributed by atoms with Gasteiger partial charge in [0.15, 0.2) is 0 Å².